The first-order valence-electron chi connectivity index (χ1n) is 9.22. The summed E-state index contributed by atoms with van der Waals surface area (Å²) in [4.78, 5) is 17.1. The van der Waals surface area contributed by atoms with E-state index in [0.717, 1.165) is 33.6 Å². The van der Waals surface area contributed by atoms with Gasteiger partial charge in [0.2, 0.25) is 5.91 Å². The molecule has 1 amide bonds. The van der Waals surface area contributed by atoms with E-state index in [2.05, 4.69) is 26.3 Å². The fourth-order valence-electron chi connectivity index (χ4n) is 3.74. The van der Waals surface area contributed by atoms with Crippen molar-refractivity contribution in [2.75, 3.05) is 12.4 Å². The van der Waals surface area contributed by atoms with Gasteiger partial charge in [0.15, 0.2) is 0 Å². The van der Waals surface area contributed by atoms with Crippen LogP contribution in [-0.4, -0.2) is 33.8 Å². The van der Waals surface area contributed by atoms with E-state index in [1.165, 1.54) is 0 Å². The molecule has 146 valence electrons. The van der Waals surface area contributed by atoms with Crippen molar-refractivity contribution in [1.82, 2.24) is 25.6 Å². The van der Waals surface area contributed by atoms with Crippen LogP contribution in [0.5, 0.6) is 5.75 Å². The second-order valence-electron chi connectivity index (χ2n) is 7.11. The number of hydrogen-bond acceptors (Lipinski definition) is 6. The Labute approximate surface area is 163 Å². The number of aryl methyl sites for hydroxylation is 2. The number of carbonyl (C=O) groups excluding carboxylic acids is 1. The van der Waals surface area contributed by atoms with Crippen molar-refractivity contribution in [3.8, 4) is 5.75 Å². The predicted octanol–water partition coefficient (Wildman–Crippen LogP) is 2.14. The van der Waals surface area contributed by atoms with Crippen LogP contribution in [0.1, 0.15) is 29.4 Å². The van der Waals surface area contributed by atoms with Gasteiger partial charge in [-0.2, -0.15) is 5.10 Å². The number of hydrazine groups is 1. The average molecular weight is 380 g/mol. The Kier molecular flexibility index (Phi) is 4.74. The van der Waals surface area contributed by atoms with Gasteiger partial charge in [-0.3, -0.25) is 14.5 Å². The van der Waals surface area contributed by atoms with Gasteiger partial charge in [-0.15, -0.1) is 0 Å². The van der Waals surface area contributed by atoms with Gasteiger partial charge in [-0.1, -0.05) is 0 Å². The van der Waals surface area contributed by atoms with Crippen molar-refractivity contribution < 1.29 is 9.53 Å². The monoisotopic (exact) mass is 380 g/mol. The quantitative estimate of drug-likeness (QED) is 0.642. The van der Waals surface area contributed by atoms with Crippen LogP contribution >= 0.6 is 0 Å². The molecule has 3 aromatic rings. The number of rotatable bonds is 4. The molecule has 2 atom stereocenters. The Morgan fingerprint density at radius 1 is 1.29 bits per heavy atom. The first kappa shape index (κ1) is 18.4. The number of hydrogen-bond donors (Lipinski definition) is 3. The molecule has 0 saturated carbocycles. The van der Waals surface area contributed by atoms with E-state index in [4.69, 9.17) is 4.74 Å². The van der Waals surface area contributed by atoms with E-state index in [9.17, 15) is 4.79 Å². The number of ether oxygens (including phenoxy) is 1. The molecular formula is C20H24N6O2. The topological polar surface area (TPSA) is 93.1 Å². The van der Waals surface area contributed by atoms with Crippen LogP contribution in [-0.2, 0) is 11.8 Å². The number of nitrogens with zero attached hydrogens (tertiary/aromatic N) is 3. The fraction of sp³-hybridized carbons (Fsp3) is 0.350. The van der Waals surface area contributed by atoms with Gasteiger partial charge in [0.05, 0.1) is 36.2 Å². The van der Waals surface area contributed by atoms with E-state index < -0.39 is 0 Å². The summed E-state index contributed by atoms with van der Waals surface area (Å²) in [5.74, 6) is 0.661. The minimum Gasteiger partial charge on any atom is -0.497 e. The van der Waals surface area contributed by atoms with Crippen molar-refractivity contribution in [3.63, 3.8) is 0 Å². The largest absolute Gasteiger partial charge is 0.497 e. The zero-order valence-corrected chi connectivity index (χ0v) is 16.4. The van der Waals surface area contributed by atoms with E-state index in [1.54, 1.807) is 13.3 Å². The van der Waals surface area contributed by atoms with Gasteiger partial charge in [0.1, 0.15) is 11.8 Å². The Hall–Kier alpha value is -2.97. The highest BCUT2D eigenvalue weighted by Gasteiger charge is 2.33. The smallest absolute Gasteiger partial charge is 0.242 e. The zero-order valence-electron chi connectivity index (χ0n) is 16.4. The summed E-state index contributed by atoms with van der Waals surface area (Å²) in [5.41, 5.74) is 11.1. The Morgan fingerprint density at radius 2 is 2.11 bits per heavy atom. The fourth-order valence-corrected chi connectivity index (χ4v) is 3.74. The summed E-state index contributed by atoms with van der Waals surface area (Å²) in [5, 5.41) is 8.36. The molecule has 2 unspecified atom stereocenters. The number of nitrogens with one attached hydrogen (secondary N) is 3. The lowest BCUT2D eigenvalue weighted by Crippen LogP contribution is -2.39. The lowest BCUT2D eigenvalue weighted by Gasteiger charge is -2.11. The number of carbonyl (C=O) groups is 1. The highest BCUT2D eigenvalue weighted by atomic mass is 16.5. The molecule has 1 saturated heterocycles. The van der Waals surface area contributed by atoms with Crippen molar-refractivity contribution >= 4 is 22.5 Å². The molecule has 8 nitrogen and oxygen atoms in total. The van der Waals surface area contributed by atoms with Gasteiger partial charge >= 0.3 is 0 Å². The second kappa shape index (κ2) is 7.21. The van der Waals surface area contributed by atoms with Gasteiger partial charge in [-0.05, 0) is 38.5 Å². The standard InChI is InChI=1S/C20H24N6O2/c1-11-19(12(2)26(3)25-11)17-9-18(24-23-17)20(27)22-14-7-13-5-6-15(28-4)8-16(13)21-10-14/h5-8,10,17-18,23-24H,9H2,1-4H3,(H,22,27). The van der Waals surface area contributed by atoms with Gasteiger partial charge in [0, 0.05) is 29.8 Å². The summed E-state index contributed by atoms with van der Waals surface area (Å²) < 4.78 is 7.09. The number of fused-ring (bicyclic) bond motifs is 1. The SMILES string of the molecule is COc1ccc2cc(NC(=O)C3CC(c4c(C)nn(C)c4C)NN3)cnc2c1. The molecule has 3 heterocycles. The average Bonchev–Trinajstić information content (AvgIpc) is 3.26. The third kappa shape index (κ3) is 3.32. The van der Waals surface area contributed by atoms with Crippen LogP contribution in [0.25, 0.3) is 10.9 Å². The van der Waals surface area contributed by atoms with Gasteiger partial charge < -0.3 is 10.1 Å². The van der Waals surface area contributed by atoms with Crippen LogP contribution in [0.2, 0.25) is 0 Å². The van der Waals surface area contributed by atoms with Crippen LogP contribution < -0.4 is 20.9 Å². The molecule has 8 heteroatoms. The molecule has 0 spiro atoms. The molecule has 0 bridgehead atoms. The molecular weight excluding hydrogens is 356 g/mol. The molecule has 2 aromatic heterocycles. The maximum Gasteiger partial charge on any atom is 0.242 e. The molecule has 1 fully saturated rings. The normalized spacial score (nSPS) is 19.1. The summed E-state index contributed by atoms with van der Waals surface area (Å²) in [6.07, 6.45) is 2.31. The Bertz CT molecular complexity index is 1040. The summed E-state index contributed by atoms with van der Waals surface area (Å²) >= 11 is 0. The first-order valence-corrected chi connectivity index (χ1v) is 9.22. The van der Waals surface area contributed by atoms with E-state index in [1.807, 2.05) is 49.8 Å². The minimum absolute atomic E-state index is 0.0478. The van der Waals surface area contributed by atoms with E-state index >= 15 is 0 Å². The van der Waals surface area contributed by atoms with Gasteiger partial charge in [0.25, 0.3) is 0 Å². The molecule has 0 radical (unpaired) electrons. The highest BCUT2D eigenvalue weighted by molar-refractivity contribution is 5.96. The highest BCUT2D eigenvalue weighted by Crippen LogP contribution is 2.28. The minimum atomic E-state index is -0.337. The summed E-state index contributed by atoms with van der Waals surface area (Å²) in [7, 11) is 3.56. The number of benzene rings is 1. The Morgan fingerprint density at radius 3 is 2.82 bits per heavy atom. The molecule has 28 heavy (non-hydrogen) atoms. The molecule has 3 N–H and O–H groups in total. The van der Waals surface area contributed by atoms with Crippen LogP contribution in [0.4, 0.5) is 5.69 Å². The number of aromatic nitrogens is 3. The van der Waals surface area contributed by atoms with Gasteiger partial charge in [-0.25, -0.2) is 10.9 Å². The third-order valence-corrected chi connectivity index (χ3v) is 5.29. The first-order chi connectivity index (χ1) is 13.5. The van der Waals surface area contributed by atoms with Crippen LogP contribution in [0.3, 0.4) is 0 Å². The number of methoxy groups -OCH3 is 1. The van der Waals surface area contributed by atoms with E-state index in [0.29, 0.717) is 12.1 Å². The van der Waals surface area contributed by atoms with Crippen molar-refractivity contribution in [2.24, 2.45) is 7.05 Å². The number of amides is 1. The second-order valence-corrected chi connectivity index (χ2v) is 7.11. The Balaban J connectivity index is 1.46. The van der Waals surface area contributed by atoms with Crippen LogP contribution in [0.15, 0.2) is 30.5 Å². The van der Waals surface area contributed by atoms with Crippen LogP contribution in [0, 0.1) is 13.8 Å². The lowest BCUT2D eigenvalue weighted by atomic mass is 10.00. The van der Waals surface area contributed by atoms with Crippen molar-refractivity contribution in [3.05, 3.63) is 47.4 Å². The van der Waals surface area contributed by atoms with Crippen molar-refractivity contribution in [2.45, 2.75) is 32.4 Å². The number of pyridine rings is 1. The maximum absolute atomic E-state index is 12.7. The maximum atomic E-state index is 12.7. The summed E-state index contributed by atoms with van der Waals surface area (Å²) in [6, 6.07) is 7.29. The zero-order chi connectivity index (χ0) is 19.8. The number of anilines is 1. The predicted molar refractivity (Wildman–Crippen MR) is 107 cm³/mol. The van der Waals surface area contributed by atoms with Crippen molar-refractivity contribution in [1.29, 1.82) is 0 Å². The molecule has 1 aliphatic rings. The molecule has 0 aliphatic carbocycles. The molecule has 1 aliphatic heterocycles. The summed E-state index contributed by atoms with van der Waals surface area (Å²) in [6.45, 7) is 4.04. The van der Waals surface area contributed by atoms with E-state index in [-0.39, 0.29) is 18.0 Å². The molecule has 4 rings (SSSR count). The lowest BCUT2D eigenvalue weighted by molar-refractivity contribution is -0.117. The molecule has 1 aromatic carbocycles. The third-order valence-electron chi connectivity index (χ3n) is 5.29.